The molecule has 1 unspecified atom stereocenters. The minimum atomic E-state index is -5.08. The molecular formula is C27H22F6N4O6. The highest BCUT2D eigenvalue weighted by molar-refractivity contribution is 5.90. The van der Waals surface area contributed by atoms with E-state index < -0.39 is 24.3 Å². The maximum Gasteiger partial charge on any atom is 0.490 e. The number of benzene rings is 2. The van der Waals surface area contributed by atoms with Crippen molar-refractivity contribution in [3.8, 4) is 11.5 Å². The first-order valence-electron chi connectivity index (χ1n) is 12.0. The Hall–Kier alpha value is -5.15. The number of halogens is 6. The van der Waals surface area contributed by atoms with Crippen molar-refractivity contribution in [2.24, 2.45) is 0 Å². The van der Waals surface area contributed by atoms with Gasteiger partial charge in [-0.25, -0.2) is 19.6 Å². The monoisotopic (exact) mass is 612 g/mol. The predicted molar refractivity (Wildman–Crippen MR) is 139 cm³/mol. The van der Waals surface area contributed by atoms with Crippen LogP contribution in [0.25, 0.3) is 10.9 Å². The summed E-state index contributed by atoms with van der Waals surface area (Å²) in [4.78, 5) is 31.6. The van der Waals surface area contributed by atoms with Crippen LogP contribution in [-0.2, 0) is 16.0 Å². The van der Waals surface area contributed by atoms with Gasteiger partial charge in [-0.3, -0.25) is 4.98 Å². The summed E-state index contributed by atoms with van der Waals surface area (Å²) in [5.74, 6) is -2.16. The number of carbonyl (C=O) groups is 2. The van der Waals surface area contributed by atoms with Gasteiger partial charge < -0.3 is 25.0 Å². The Bertz CT molecular complexity index is 1540. The summed E-state index contributed by atoms with van der Waals surface area (Å²) in [6.45, 7) is 0.548. The normalized spacial score (nSPS) is 14.1. The van der Waals surface area contributed by atoms with Crippen LogP contribution in [0.1, 0.15) is 17.3 Å². The van der Waals surface area contributed by atoms with Crippen LogP contribution in [-0.4, -0.2) is 63.2 Å². The van der Waals surface area contributed by atoms with Crippen LogP contribution in [0.3, 0.4) is 0 Å². The molecule has 0 amide bonds. The van der Waals surface area contributed by atoms with Crippen LogP contribution in [0.5, 0.6) is 11.5 Å². The smallest absolute Gasteiger partial charge is 0.490 e. The summed E-state index contributed by atoms with van der Waals surface area (Å²) >= 11 is 0. The lowest BCUT2D eigenvalue weighted by molar-refractivity contribution is -0.193. The number of para-hydroxylation sites is 1. The molecule has 16 heteroatoms. The Labute approximate surface area is 238 Å². The molecule has 1 aliphatic heterocycles. The van der Waals surface area contributed by atoms with Crippen molar-refractivity contribution in [1.29, 1.82) is 0 Å². The highest BCUT2D eigenvalue weighted by Crippen LogP contribution is 2.35. The number of nitrogens with zero attached hydrogens (tertiary/aromatic N) is 3. The van der Waals surface area contributed by atoms with Crippen molar-refractivity contribution in [2.45, 2.75) is 24.7 Å². The first kappa shape index (κ1) is 32.4. The van der Waals surface area contributed by atoms with Crippen LogP contribution in [0.2, 0.25) is 0 Å². The van der Waals surface area contributed by atoms with Crippen molar-refractivity contribution in [2.75, 3.05) is 19.0 Å². The second kappa shape index (κ2) is 13.7. The Morgan fingerprint density at radius 3 is 2.12 bits per heavy atom. The third-order valence-corrected chi connectivity index (χ3v) is 5.59. The molecule has 228 valence electrons. The highest BCUT2D eigenvalue weighted by Gasteiger charge is 2.38. The molecule has 3 N–H and O–H groups in total. The zero-order valence-electron chi connectivity index (χ0n) is 22.0. The van der Waals surface area contributed by atoms with Gasteiger partial charge in [0.2, 0.25) is 0 Å². The number of aliphatic carboxylic acids is 2. The van der Waals surface area contributed by atoms with Crippen molar-refractivity contribution in [1.82, 2.24) is 15.0 Å². The van der Waals surface area contributed by atoms with Crippen LogP contribution in [0, 0.1) is 0 Å². The molecule has 0 fully saturated rings. The number of carboxylic acids is 2. The van der Waals surface area contributed by atoms with Gasteiger partial charge >= 0.3 is 24.3 Å². The number of hydrogen-bond acceptors (Lipinski definition) is 8. The summed E-state index contributed by atoms with van der Waals surface area (Å²) in [7, 11) is 1.67. The molecule has 1 aliphatic rings. The zero-order valence-corrected chi connectivity index (χ0v) is 22.0. The van der Waals surface area contributed by atoms with Gasteiger partial charge in [-0.1, -0.05) is 12.1 Å². The Morgan fingerprint density at radius 1 is 0.930 bits per heavy atom. The van der Waals surface area contributed by atoms with E-state index in [-0.39, 0.29) is 5.92 Å². The zero-order chi connectivity index (χ0) is 31.8. The summed E-state index contributed by atoms with van der Waals surface area (Å²) in [5, 5.41) is 18.6. The average Bonchev–Trinajstić information content (AvgIpc) is 2.96. The molecule has 43 heavy (non-hydrogen) atoms. The number of pyridine rings is 1. The van der Waals surface area contributed by atoms with Gasteiger partial charge in [0.05, 0.1) is 25.2 Å². The maximum atomic E-state index is 10.6. The van der Waals surface area contributed by atoms with Gasteiger partial charge in [-0.15, -0.1) is 0 Å². The van der Waals surface area contributed by atoms with Gasteiger partial charge in [-0.05, 0) is 54.4 Å². The fourth-order valence-electron chi connectivity index (χ4n) is 3.61. The first-order valence-corrected chi connectivity index (χ1v) is 12.0. The molecule has 1 atom stereocenters. The van der Waals surface area contributed by atoms with Crippen LogP contribution in [0.15, 0.2) is 67.0 Å². The third kappa shape index (κ3) is 9.17. The quantitative estimate of drug-likeness (QED) is 0.243. The largest absolute Gasteiger partial charge is 0.497 e. The van der Waals surface area contributed by atoms with Crippen molar-refractivity contribution in [3.05, 3.63) is 78.4 Å². The Kier molecular flexibility index (Phi) is 10.3. The van der Waals surface area contributed by atoms with E-state index in [1.807, 2.05) is 54.6 Å². The summed E-state index contributed by atoms with van der Waals surface area (Å²) in [6.07, 6.45) is -5.85. The van der Waals surface area contributed by atoms with E-state index >= 15 is 0 Å². The lowest BCUT2D eigenvalue weighted by atomic mass is 9.95. The van der Waals surface area contributed by atoms with Gasteiger partial charge in [0.1, 0.15) is 23.1 Å². The second-order valence-electron chi connectivity index (χ2n) is 8.60. The van der Waals surface area contributed by atoms with Crippen molar-refractivity contribution in [3.63, 3.8) is 0 Å². The Morgan fingerprint density at radius 2 is 1.53 bits per heavy atom. The minimum absolute atomic E-state index is 0.0669. The number of alkyl halides is 6. The van der Waals surface area contributed by atoms with E-state index in [2.05, 4.69) is 10.3 Å². The molecule has 0 bridgehead atoms. The molecule has 0 spiro atoms. The maximum absolute atomic E-state index is 10.6. The number of aromatic nitrogens is 3. The molecule has 0 saturated heterocycles. The number of ether oxygens (including phenoxy) is 2. The molecule has 2 aromatic heterocycles. The van der Waals surface area contributed by atoms with Crippen LogP contribution in [0.4, 0.5) is 37.8 Å². The van der Waals surface area contributed by atoms with Gasteiger partial charge in [0, 0.05) is 23.5 Å². The lowest BCUT2D eigenvalue weighted by Crippen LogP contribution is -2.21. The number of rotatable bonds is 4. The number of nitrogens with one attached hydrogen (secondary N) is 1. The SMILES string of the molecule is COc1ccc2c(c1)CC(c1nc(Nc3ccncc3)c3ccccc3n1)CO2.O=C(O)C(F)(F)F.O=C(O)C(F)(F)F. The third-order valence-electron chi connectivity index (χ3n) is 5.59. The summed E-state index contributed by atoms with van der Waals surface area (Å²) in [6, 6.07) is 17.8. The molecule has 10 nitrogen and oxygen atoms in total. The summed E-state index contributed by atoms with van der Waals surface area (Å²) in [5.41, 5.74) is 2.95. The summed E-state index contributed by atoms with van der Waals surface area (Å²) < 4.78 is 74.8. The van der Waals surface area contributed by atoms with E-state index in [9.17, 15) is 26.3 Å². The molecule has 2 aromatic carbocycles. The number of anilines is 2. The van der Waals surface area contributed by atoms with E-state index in [1.54, 1.807) is 19.5 Å². The number of hydrogen-bond donors (Lipinski definition) is 3. The topological polar surface area (TPSA) is 144 Å². The van der Waals surface area contributed by atoms with Crippen LogP contribution >= 0.6 is 0 Å². The average molecular weight is 612 g/mol. The predicted octanol–water partition coefficient (Wildman–Crippen LogP) is 5.76. The van der Waals surface area contributed by atoms with Crippen LogP contribution < -0.4 is 14.8 Å². The minimum Gasteiger partial charge on any atom is -0.497 e. The molecule has 0 saturated carbocycles. The standard InChI is InChI=1S/C23H20N4O2.2C2HF3O2/c1-28-18-6-7-21-15(13-18)12-16(14-29-21)22-26-20-5-3-2-4-19(20)23(27-22)25-17-8-10-24-11-9-17;2*3-2(4,5)1(6)7/h2-11,13,16H,12,14H2,1H3,(H,24,25,26,27);2*(H,6,7). The fourth-order valence-corrected chi connectivity index (χ4v) is 3.61. The van der Waals surface area contributed by atoms with Gasteiger partial charge in [0.25, 0.3) is 0 Å². The molecule has 5 rings (SSSR count). The fraction of sp³-hybridized carbons (Fsp3) is 0.222. The highest BCUT2D eigenvalue weighted by atomic mass is 19.4. The molecule has 0 radical (unpaired) electrons. The van der Waals surface area contributed by atoms with Gasteiger partial charge in [0.15, 0.2) is 0 Å². The number of carboxylic acid groups (broad SMARTS) is 2. The number of methoxy groups -OCH3 is 1. The van der Waals surface area contributed by atoms with Crippen molar-refractivity contribution >= 4 is 34.3 Å². The Balaban J connectivity index is 0.000000303. The second-order valence-corrected chi connectivity index (χ2v) is 8.60. The lowest BCUT2D eigenvalue weighted by Gasteiger charge is -2.25. The molecule has 4 aromatic rings. The van der Waals surface area contributed by atoms with E-state index in [1.165, 1.54) is 0 Å². The van der Waals surface area contributed by atoms with E-state index in [4.69, 9.17) is 39.2 Å². The van der Waals surface area contributed by atoms with E-state index in [0.717, 1.165) is 51.7 Å². The molecule has 3 heterocycles. The van der Waals surface area contributed by atoms with Gasteiger partial charge in [-0.2, -0.15) is 26.3 Å². The van der Waals surface area contributed by atoms with Crippen molar-refractivity contribution < 1.29 is 55.6 Å². The molecular weight excluding hydrogens is 590 g/mol. The first-order chi connectivity index (χ1) is 20.2. The molecule has 0 aliphatic carbocycles. The van der Waals surface area contributed by atoms with E-state index in [0.29, 0.717) is 6.61 Å². The number of fused-ring (bicyclic) bond motifs is 2.